The normalized spacial score (nSPS) is 15.7. The van der Waals surface area contributed by atoms with E-state index in [1.807, 2.05) is 0 Å². The van der Waals surface area contributed by atoms with E-state index in [2.05, 4.69) is 29.4 Å². The molecule has 27 heavy (non-hydrogen) atoms. The van der Waals surface area contributed by atoms with Crippen LogP contribution in [0.3, 0.4) is 0 Å². The Bertz CT molecular complexity index is 370. The number of amides is 2. The monoisotopic (exact) mass is 383 g/mol. The number of nitrogens with zero attached hydrogens (tertiary/aromatic N) is 1. The number of nitrogens with one attached hydrogen (secondary N) is 2. The van der Waals surface area contributed by atoms with Gasteiger partial charge in [0.2, 0.25) is 11.8 Å². The molecule has 2 N–H and O–H groups in total. The molecule has 0 saturated carbocycles. The first kappa shape index (κ1) is 23.9. The van der Waals surface area contributed by atoms with Gasteiger partial charge in [0.25, 0.3) is 0 Å². The highest BCUT2D eigenvalue weighted by Gasteiger charge is 2.25. The number of hydrogen-bond acceptors (Lipinski definition) is 4. The number of carbonyl (C=O) groups excluding carboxylic acids is 2. The Morgan fingerprint density at radius 1 is 0.852 bits per heavy atom. The fraction of sp³-hybridized carbons (Fsp3) is 0.905. The fourth-order valence-corrected chi connectivity index (χ4v) is 3.06. The molecule has 6 nitrogen and oxygen atoms in total. The number of ether oxygens (including phenoxy) is 1. The summed E-state index contributed by atoms with van der Waals surface area (Å²) in [7, 11) is 0. The van der Waals surface area contributed by atoms with Crippen LogP contribution in [0.5, 0.6) is 0 Å². The van der Waals surface area contributed by atoms with E-state index in [-0.39, 0.29) is 11.8 Å². The Morgan fingerprint density at radius 2 is 1.33 bits per heavy atom. The summed E-state index contributed by atoms with van der Waals surface area (Å²) in [6, 6.07) is 0. The molecule has 0 aromatic rings. The van der Waals surface area contributed by atoms with Crippen molar-refractivity contribution < 1.29 is 14.3 Å². The average molecular weight is 384 g/mol. The number of carbonyl (C=O) groups is 2. The third-order valence-electron chi connectivity index (χ3n) is 4.88. The molecule has 0 aliphatic carbocycles. The van der Waals surface area contributed by atoms with Crippen LogP contribution in [-0.4, -0.2) is 62.1 Å². The first-order chi connectivity index (χ1) is 13.2. The summed E-state index contributed by atoms with van der Waals surface area (Å²) >= 11 is 0. The number of unbranched alkanes of at least 4 members (excludes halogenated alkanes) is 6. The Labute approximate surface area is 165 Å². The predicted molar refractivity (Wildman–Crippen MR) is 110 cm³/mol. The topological polar surface area (TPSA) is 74.0 Å². The van der Waals surface area contributed by atoms with Crippen molar-refractivity contribution in [3.05, 3.63) is 0 Å². The maximum Gasteiger partial charge on any atom is 0.220 e. The van der Waals surface area contributed by atoms with Crippen molar-refractivity contribution in [1.29, 1.82) is 0 Å². The lowest BCUT2D eigenvalue weighted by Crippen LogP contribution is -2.41. The molecule has 0 aromatic carbocycles. The predicted octanol–water partition coefficient (Wildman–Crippen LogP) is 2.86. The van der Waals surface area contributed by atoms with Gasteiger partial charge in [0.15, 0.2) is 0 Å². The van der Waals surface area contributed by atoms with E-state index in [9.17, 15) is 9.59 Å². The minimum Gasteiger partial charge on any atom is -0.372 e. The number of epoxide rings is 1. The van der Waals surface area contributed by atoms with Crippen LogP contribution in [0, 0.1) is 0 Å². The average Bonchev–Trinajstić information content (AvgIpc) is 3.46. The molecule has 2 amide bonds. The van der Waals surface area contributed by atoms with Crippen LogP contribution in [0.25, 0.3) is 0 Å². The molecule has 1 heterocycles. The highest BCUT2D eigenvalue weighted by molar-refractivity contribution is 5.76. The third kappa shape index (κ3) is 14.6. The molecule has 0 bridgehead atoms. The third-order valence-corrected chi connectivity index (χ3v) is 4.88. The van der Waals surface area contributed by atoms with E-state index < -0.39 is 0 Å². The number of rotatable bonds is 18. The maximum absolute atomic E-state index is 11.9. The molecule has 1 aliphatic rings. The molecule has 1 atom stereocenters. The van der Waals surface area contributed by atoms with Crippen LogP contribution in [0.15, 0.2) is 0 Å². The van der Waals surface area contributed by atoms with E-state index in [0.29, 0.717) is 32.0 Å². The van der Waals surface area contributed by atoms with Gasteiger partial charge < -0.3 is 15.4 Å². The van der Waals surface area contributed by atoms with Crippen LogP contribution in [0.2, 0.25) is 0 Å². The summed E-state index contributed by atoms with van der Waals surface area (Å²) < 4.78 is 5.33. The Balaban J connectivity index is 2.11. The molecule has 1 saturated heterocycles. The van der Waals surface area contributed by atoms with Gasteiger partial charge >= 0.3 is 0 Å². The highest BCUT2D eigenvalue weighted by atomic mass is 16.6. The molecule has 0 radical (unpaired) electrons. The molecular formula is C21H41N3O3. The summed E-state index contributed by atoms with van der Waals surface area (Å²) in [5, 5.41) is 6.03. The van der Waals surface area contributed by atoms with Crippen molar-refractivity contribution in [2.75, 3.05) is 39.3 Å². The lowest BCUT2D eigenvalue weighted by molar-refractivity contribution is -0.121. The van der Waals surface area contributed by atoms with Gasteiger partial charge in [0, 0.05) is 45.6 Å². The molecule has 1 rings (SSSR count). The second kappa shape index (κ2) is 15.9. The molecule has 1 unspecified atom stereocenters. The van der Waals surface area contributed by atoms with Crippen molar-refractivity contribution in [3.8, 4) is 0 Å². The van der Waals surface area contributed by atoms with Crippen molar-refractivity contribution >= 4 is 11.8 Å². The summed E-state index contributed by atoms with van der Waals surface area (Å²) in [5.41, 5.74) is 0. The number of hydrogen-bond donors (Lipinski definition) is 2. The lowest BCUT2D eigenvalue weighted by Gasteiger charge is -2.21. The Kier molecular flexibility index (Phi) is 14.0. The fourth-order valence-electron chi connectivity index (χ4n) is 3.06. The van der Waals surface area contributed by atoms with Crippen LogP contribution in [0.1, 0.15) is 78.1 Å². The minimum absolute atomic E-state index is 0.147. The first-order valence-corrected chi connectivity index (χ1v) is 11.0. The van der Waals surface area contributed by atoms with Crippen LogP contribution >= 0.6 is 0 Å². The summed E-state index contributed by atoms with van der Waals surface area (Å²) in [4.78, 5) is 26.0. The zero-order valence-electron chi connectivity index (χ0n) is 17.6. The zero-order valence-corrected chi connectivity index (χ0v) is 17.6. The Hall–Kier alpha value is -1.14. The molecule has 1 aliphatic heterocycles. The molecule has 0 aromatic heterocycles. The van der Waals surface area contributed by atoms with Crippen LogP contribution in [0.4, 0.5) is 0 Å². The molecule has 1 fully saturated rings. The highest BCUT2D eigenvalue weighted by Crippen LogP contribution is 2.10. The first-order valence-electron chi connectivity index (χ1n) is 11.0. The van der Waals surface area contributed by atoms with Crippen LogP contribution < -0.4 is 10.6 Å². The summed E-state index contributed by atoms with van der Waals surface area (Å²) in [6.45, 7) is 8.96. The van der Waals surface area contributed by atoms with E-state index in [4.69, 9.17) is 4.74 Å². The van der Waals surface area contributed by atoms with Gasteiger partial charge in [-0.15, -0.1) is 0 Å². The van der Waals surface area contributed by atoms with Gasteiger partial charge in [-0.2, -0.15) is 0 Å². The largest absolute Gasteiger partial charge is 0.372 e. The standard InChI is InChI=1S/C21H41N3O3/c1-3-5-7-9-11-20(25)22-13-15-24(17-19-18-27-19)16-14-23-21(26)12-10-8-6-4-2/h19H,3-18H2,1-2H3,(H,22,25)(H,23,26). The Morgan fingerprint density at radius 3 is 1.74 bits per heavy atom. The van der Waals surface area contributed by atoms with Gasteiger partial charge in [0.05, 0.1) is 12.7 Å². The van der Waals surface area contributed by atoms with Crippen molar-refractivity contribution in [2.45, 2.75) is 84.2 Å². The maximum atomic E-state index is 11.9. The second-order valence-electron chi connectivity index (χ2n) is 7.58. The van der Waals surface area contributed by atoms with E-state index in [1.165, 1.54) is 25.7 Å². The lowest BCUT2D eigenvalue weighted by atomic mass is 10.1. The van der Waals surface area contributed by atoms with Crippen LogP contribution in [-0.2, 0) is 14.3 Å². The second-order valence-corrected chi connectivity index (χ2v) is 7.58. The van der Waals surface area contributed by atoms with E-state index >= 15 is 0 Å². The SMILES string of the molecule is CCCCCCC(=O)NCCN(CCNC(=O)CCCCCC)CC1CO1. The quantitative estimate of drug-likeness (QED) is 0.282. The summed E-state index contributed by atoms with van der Waals surface area (Å²) in [6.07, 6.45) is 10.6. The molecular weight excluding hydrogens is 342 g/mol. The molecule has 6 heteroatoms. The van der Waals surface area contributed by atoms with Gasteiger partial charge in [0.1, 0.15) is 0 Å². The minimum atomic E-state index is 0.147. The smallest absolute Gasteiger partial charge is 0.220 e. The summed E-state index contributed by atoms with van der Waals surface area (Å²) in [5.74, 6) is 0.295. The van der Waals surface area contributed by atoms with E-state index in [1.54, 1.807) is 0 Å². The van der Waals surface area contributed by atoms with Gasteiger partial charge in [-0.3, -0.25) is 14.5 Å². The van der Waals surface area contributed by atoms with Crippen molar-refractivity contribution in [2.24, 2.45) is 0 Å². The molecule has 0 spiro atoms. The molecule has 158 valence electrons. The van der Waals surface area contributed by atoms with E-state index in [0.717, 1.165) is 51.9 Å². The van der Waals surface area contributed by atoms with Gasteiger partial charge in [-0.1, -0.05) is 52.4 Å². The van der Waals surface area contributed by atoms with Crippen molar-refractivity contribution in [1.82, 2.24) is 15.5 Å². The van der Waals surface area contributed by atoms with Crippen molar-refractivity contribution in [3.63, 3.8) is 0 Å². The van der Waals surface area contributed by atoms with Gasteiger partial charge in [-0.25, -0.2) is 0 Å². The van der Waals surface area contributed by atoms with Gasteiger partial charge in [-0.05, 0) is 12.8 Å². The zero-order chi connectivity index (χ0) is 19.7.